The van der Waals surface area contributed by atoms with E-state index >= 15 is 0 Å². The standard InChI is InChI=1S/C14H11BrClNO2/c1-8-6-9(15)2-5-12(8)17-14(19)11-4-3-10(16)7-13(11)18/h2-7,18H,1H3,(H,17,19). The lowest BCUT2D eigenvalue weighted by atomic mass is 10.1. The van der Waals surface area contributed by atoms with E-state index in [0.717, 1.165) is 10.0 Å². The third-order valence-corrected chi connectivity index (χ3v) is 3.37. The summed E-state index contributed by atoms with van der Waals surface area (Å²) in [6.07, 6.45) is 0. The minimum absolute atomic E-state index is 0.139. The van der Waals surface area contributed by atoms with Crippen LogP contribution in [0.15, 0.2) is 40.9 Å². The number of phenols is 1. The number of rotatable bonds is 2. The molecule has 0 spiro atoms. The second-order valence-corrected chi connectivity index (χ2v) is 5.43. The lowest BCUT2D eigenvalue weighted by molar-refractivity contribution is 0.102. The number of phenolic OH excluding ortho intramolecular Hbond substituents is 1. The number of carbonyl (C=O) groups excluding carboxylic acids is 1. The predicted molar refractivity (Wildman–Crippen MR) is 79.9 cm³/mol. The highest BCUT2D eigenvalue weighted by molar-refractivity contribution is 9.10. The van der Waals surface area contributed by atoms with Gasteiger partial charge >= 0.3 is 0 Å². The highest BCUT2D eigenvalue weighted by Crippen LogP contribution is 2.25. The van der Waals surface area contributed by atoms with Crippen LogP contribution in [0.25, 0.3) is 0 Å². The normalized spacial score (nSPS) is 10.3. The van der Waals surface area contributed by atoms with Gasteiger partial charge in [0, 0.05) is 15.2 Å². The predicted octanol–water partition coefficient (Wildman–Crippen LogP) is 4.37. The number of benzene rings is 2. The van der Waals surface area contributed by atoms with Gasteiger partial charge < -0.3 is 10.4 Å². The zero-order valence-corrected chi connectivity index (χ0v) is 12.4. The first-order valence-electron chi connectivity index (χ1n) is 5.53. The Hall–Kier alpha value is -1.52. The third-order valence-electron chi connectivity index (χ3n) is 2.64. The molecule has 2 rings (SSSR count). The Kier molecular flexibility index (Phi) is 4.12. The first-order valence-corrected chi connectivity index (χ1v) is 6.70. The van der Waals surface area contributed by atoms with Crippen molar-refractivity contribution in [1.82, 2.24) is 0 Å². The molecule has 5 heteroatoms. The second kappa shape index (κ2) is 5.63. The Balaban J connectivity index is 2.25. The summed E-state index contributed by atoms with van der Waals surface area (Å²) < 4.78 is 0.942. The lowest BCUT2D eigenvalue weighted by Crippen LogP contribution is -2.12. The largest absolute Gasteiger partial charge is 0.507 e. The summed E-state index contributed by atoms with van der Waals surface area (Å²) >= 11 is 9.09. The van der Waals surface area contributed by atoms with Crippen LogP contribution in [0, 0.1) is 6.92 Å². The molecule has 2 aromatic rings. The van der Waals surface area contributed by atoms with Crippen LogP contribution in [0.5, 0.6) is 5.75 Å². The van der Waals surface area contributed by atoms with Gasteiger partial charge in [-0.15, -0.1) is 0 Å². The van der Waals surface area contributed by atoms with Crippen molar-refractivity contribution in [1.29, 1.82) is 0 Å². The summed E-state index contributed by atoms with van der Waals surface area (Å²) in [6, 6.07) is 9.92. The average molecular weight is 341 g/mol. The fraction of sp³-hybridized carbons (Fsp3) is 0.0714. The van der Waals surface area contributed by atoms with Crippen molar-refractivity contribution in [2.24, 2.45) is 0 Å². The van der Waals surface area contributed by atoms with Gasteiger partial charge in [0.2, 0.25) is 0 Å². The van der Waals surface area contributed by atoms with Crippen LogP contribution in [-0.2, 0) is 0 Å². The van der Waals surface area contributed by atoms with Gasteiger partial charge in [0.15, 0.2) is 0 Å². The Morgan fingerprint density at radius 2 is 2.00 bits per heavy atom. The minimum atomic E-state index is -0.375. The van der Waals surface area contributed by atoms with Crippen LogP contribution in [0.1, 0.15) is 15.9 Å². The van der Waals surface area contributed by atoms with Crippen LogP contribution >= 0.6 is 27.5 Å². The Morgan fingerprint density at radius 1 is 1.26 bits per heavy atom. The van der Waals surface area contributed by atoms with E-state index in [-0.39, 0.29) is 17.2 Å². The number of hydrogen-bond acceptors (Lipinski definition) is 2. The maximum absolute atomic E-state index is 12.1. The minimum Gasteiger partial charge on any atom is -0.507 e. The van der Waals surface area contributed by atoms with Crippen molar-refractivity contribution >= 4 is 39.1 Å². The van der Waals surface area contributed by atoms with Gasteiger partial charge in [-0.05, 0) is 48.9 Å². The maximum Gasteiger partial charge on any atom is 0.259 e. The van der Waals surface area contributed by atoms with Crippen LogP contribution in [-0.4, -0.2) is 11.0 Å². The first kappa shape index (κ1) is 13.9. The summed E-state index contributed by atoms with van der Waals surface area (Å²) in [5.74, 6) is -0.514. The SMILES string of the molecule is Cc1cc(Br)ccc1NC(=O)c1ccc(Cl)cc1O. The number of nitrogens with one attached hydrogen (secondary N) is 1. The molecule has 0 bridgehead atoms. The molecular weight excluding hydrogens is 330 g/mol. The molecule has 3 nitrogen and oxygen atoms in total. The fourth-order valence-electron chi connectivity index (χ4n) is 1.65. The van der Waals surface area contributed by atoms with Crippen LogP contribution in [0.2, 0.25) is 5.02 Å². The molecule has 0 saturated heterocycles. The molecule has 0 unspecified atom stereocenters. The molecular formula is C14H11BrClNO2. The van der Waals surface area contributed by atoms with Crippen molar-refractivity contribution in [3.63, 3.8) is 0 Å². The highest BCUT2D eigenvalue weighted by atomic mass is 79.9. The number of halogens is 2. The van der Waals surface area contributed by atoms with E-state index < -0.39 is 0 Å². The summed E-state index contributed by atoms with van der Waals surface area (Å²) in [6.45, 7) is 1.89. The highest BCUT2D eigenvalue weighted by Gasteiger charge is 2.12. The van der Waals surface area contributed by atoms with Crippen molar-refractivity contribution in [2.45, 2.75) is 6.92 Å². The quantitative estimate of drug-likeness (QED) is 0.853. The average Bonchev–Trinajstić information content (AvgIpc) is 2.32. The molecule has 98 valence electrons. The van der Waals surface area contributed by atoms with Crippen molar-refractivity contribution < 1.29 is 9.90 Å². The zero-order chi connectivity index (χ0) is 14.0. The van der Waals surface area contributed by atoms with Gasteiger partial charge in [-0.1, -0.05) is 27.5 Å². The molecule has 0 heterocycles. The third kappa shape index (κ3) is 3.28. The molecule has 0 saturated carbocycles. The van der Waals surface area contributed by atoms with E-state index in [4.69, 9.17) is 11.6 Å². The van der Waals surface area contributed by atoms with Gasteiger partial charge in [-0.3, -0.25) is 4.79 Å². The van der Waals surface area contributed by atoms with Crippen molar-refractivity contribution in [3.8, 4) is 5.75 Å². The Morgan fingerprint density at radius 3 is 2.63 bits per heavy atom. The Bertz CT molecular complexity index is 643. The topological polar surface area (TPSA) is 49.3 Å². The van der Waals surface area contributed by atoms with Gasteiger partial charge in [0.25, 0.3) is 5.91 Å². The smallest absolute Gasteiger partial charge is 0.259 e. The van der Waals surface area contributed by atoms with Gasteiger partial charge in [-0.2, -0.15) is 0 Å². The van der Waals surface area contributed by atoms with E-state index in [1.54, 1.807) is 12.1 Å². The summed E-state index contributed by atoms with van der Waals surface area (Å²) in [5, 5.41) is 12.8. The molecule has 2 N–H and O–H groups in total. The molecule has 2 aromatic carbocycles. The van der Waals surface area contributed by atoms with Crippen LogP contribution < -0.4 is 5.32 Å². The monoisotopic (exact) mass is 339 g/mol. The fourth-order valence-corrected chi connectivity index (χ4v) is 2.30. The van der Waals surface area contributed by atoms with E-state index in [2.05, 4.69) is 21.2 Å². The molecule has 1 amide bonds. The summed E-state index contributed by atoms with van der Waals surface area (Å²) in [4.78, 5) is 12.1. The Labute approximate surface area is 124 Å². The number of carbonyl (C=O) groups is 1. The maximum atomic E-state index is 12.1. The zero-order valence-electron chi connectivity index (χ0n) is 10.1. The summed E-state index contributed by atoms with van der Waals surface area (Å²) in [5.41, 5.74) is 1.81. The summed E-state index contributed by atoms with van der Waals surface area (Å²) in [7, 11) is 0. The van der Waals surface area contributed by atoms with Gasteiger partial charge in [0.1, 0.15) is 5.75 Å². The first-order chi connectivity index (χ1) is 8.97. The van der Waals surface area contributed by atoms with Crippen LogP contribution in [0.4, 0.5) is 5.69 Å². The molecule has 0 aromatic heterocycles. The number of hydrogen-bond donors (Lipinski definition) is 2. The lowest BCUT2D eigenvalue weighted by Gasteiger charge is -2.10. The number of aryl methyl sites for hydroxylation is 1. The number of amides is 1. The molecule has 0 fully saturated rings. The van der Waals surface area contributed by atoms with Crippen LogP contribution in [0.3, 0.4) is 0 Å². The second-order valence-electron chi connectivity index (χ2n) is 4.07. The molecule has 0 atom stereocenters. The number of anilines is 1. The molecule has 19 heavy (non-hydrogen) atoms. The molecule has 0 radical (unpaired) electrons. The molecule has 0 aliphatic heterocycles. The van der Waals surface area contributed by atoms with E-state index in [1.165, 1.54) is 12.1 Å². The van der Waals surface area contributed by atoms with E-state index in [1.807, 2.05) is 19.1 Å². The number of aromatic hydroxyl groups is 1. The van der Waals surface area contributed by atoms with Crippen molar-refractivity contribution in [3.05, 3.63) is 57.0 Å². The van der Waals surface area contributed by atoms with Gasteiger partial charge in [0.05, 0.1) is 5.56 Å². The molecule has 0 aliphatic carbocycles. The molecule has 0 aliphatic rings. The van der Waals surface area contributed by atoms with E-state index in [9.17, 15) is 9.90 Å². The van der Waals surface area contributed by atoms with Gasteiger partial charge in [-0.25, -0.2) is 0 Å². The van der Waals surface area contributed by atoms with Crippen molar-refractivity contribution in [2.75, 3.05) is 5.32 Å². The van der Waals surface area contributed by atoms with E-state index in [0.29, 0.717) is 10.7 Å².